The fourth-order valence-electron chi connectivity index (χ4n) is 3.44. The van der Waals surface area contributed by atoms with Gasteiger partial charge < -0.3 is 14.0 Å². The third-order valence-corrected chi connectivity index (χ3v) is 6.17. The Morgan fingerprint density at radius 3 is 2.59 bits per heavy atom. The molecule has 8 nitrogen and oxygen atoms in total. The summed E-state index contributed by atoms with van der Waals surface area (Å²) in [5.74, 6) is 1.98. The van der Waals surface area contributed by atoms with E-state index in [0.29, 0.717) is 29.9 Å². The van der Waals surface area contributed by atoms with Gasteiger partial charge in [-0.1, -0.05) is 72.4 Å². The Balaban J connectivity index is 1.50. The van der Waals surface area contributed by atoms with Gasteiger partial charge in [-0.25, -0.2) is 0 Å². The van der Waals surface area contributed by atoms with E-state index in [0.717, 1.165) is 22.4 Å². The predicted octanol–water partition coefficient (Wildman–Crippen LogP) is 5.37. The van der Waals surface area contributed by atoms with Gasteiger partial charge in [0.05, 0.1) is 11.5 Å². The van der Waals surface area contributed by atoms with E-state index in [2.05, 4.69) is 10.2 Å². The summed E-state index contributed by atoms with van der Waals surface area (Å²) < 4.78 is 13.4. The van der Waals surface area contributed by atoms with Gasteiger partial charge in [-0.15, -0.1) is 10.2 Å². The van der Waals surface area contributed by atoms with E-state index in [9.17, 15) is 10.1 Å². The van der Waals surface area contributed by atoms with Gasteiger partial charge in [-0.2, -0.15) is 0 Å². The Hall–Kier alpha value is -3.69. The zero-order valence-corrected chi connectivity index (χ0v) is 19.5. The lowest BCUT2D eigenvalue weighted by molar-refractivity contribution is -0.384. The molecule has 1 heterocycles. The molecule has 3 aromatic carbocycles. The number of methoxy groups -OCH3 is 1. The van der Waals surface area contributed by atoms with Crippen LogP contribution in [0.1, 0.15) is 11.4 Å². The molecule has 0 N–H and O–H groups in total. The second-order valence-electron chi connectivity index (χ2n) is 7.41. The van der Waals surface area contributed by atoms with E-state index in [1.807, 2.05) is 65.2 Å². The minimum Gasteiger partial charge on any atom is -0.485 e. The van der Waals surface area contributed by atoms with Crippen LogP contribution in [0.25, 0.3) is 11.1 Å². The number of hydrogen-bond acceptors (Lipinski definition) is 7. The number of nitro benzene ring substituents is 1. The Bertz CT molecular complexity index is 1250. The first-order chi connectivity index (χ1) is 16.7. The maximum Gasteiger partial charge on any atom is 0.269 e. The highest BCUT2D eigenvalue weighted by molar-refractivity contribution is 7.98. The summed E-state index contributed by atoms with van der Waals surface area (Å²) in [7, 11) is 1.65. The molecule has 0 aliphatic heterocycles. The molecule has 0 atom stereocenters. The van der Waals surface area contributed by atoms with Crippen LogP contribution in [0.2, 0.25) is 0 Å². The first kappa shape index (κ1) is 23.5. The number of nitrogens with zero attached hydrogens (tertiary/aromatic N) is 4. The minimum atomic E-state index is -0.391. The standard InChI is InChI=1S/C25H24N4O4S/c1-32-15-14-28-24(17-33-23-13-6-5-12-22(23)20-9-3-2-4-10-20)26-27-25(28)34-18-19-8-7-11-21(16-19)29(30)31/h2-13,16H,14-15,17-18H2,1H3. The molecule has 0 unspecified atom stereocenters. The van der Waals surface area contributed by atoms with Crippen LogP contribution in [-0.4, -0.2) is 33.4 Å². The topological polar surface area (TPSA) is 92.3 Å². The molecule has 0 bridgehead atoms. The van der Waals surface area contributed by atoms with Crippen LogP contribution in [0, 0.1) is 10.1 Å². The van der Waals surface area contributed by atoms with Crippen LogP contribution in [0.5, 0.6) is 5.75 Å². The van der Waals surface area contributed by atoms with Gasteiger partial charge in [-0.3, -0.25) is 10.1 Å². The third-order valence-electron chi connectivity index (χ3n) is 5.13. The normalized spacial score (nSPS) is 10.9. The number of para-hydroxylation sites is 1. The molecular formula is C25H24N4O4S. The van der Waals surface area contributed by atoms with Crippen LogP contribution in [0.4, 0.5) is 5.69 Å². The summed E-state index contributed by atoms with van der Waals surface area (Å²) >= 11 is 1.47. The van der Waals surface area contributed by atoms with E-state index in [-0.39, 0.29) is 12.3 Å². The summed E-state index contributed by atoms with van der Waals surface area (Å²) in [6.07, 6.45) is 0. The van der Waals surface area contributed by atoms with Gasteiger partial charge in [0.1, 0.15) is 12.4 Å². The molecule has 0 spiro atoms. The Morgan fingerprint density at radius 2 is 1.79 bits per heavy atom. The second kappa shape index (κ2) is 11.4. The molecule has 0 aliphatic rings. The largest absolute Gasteiger partial charge is 0.485 e. The monoisotopic (exact) mass is 476 g/mol. The van der Waals surface area contributed by atoms with E-state index < -0.39 is 4.92 Å². The van der Waals surface area contributed by atoms with Crippen molar-refractivity contribution in [3.63, 3.8) is 0 Å². The fourth-order valence-corrected chi connectivity index (χ4v) is 4.36. The molecule has 4 rings (SSSR count). The molecule has 0 saturated heterocycles. The average Bonchev–Trinajstić information content (AvgIpc) is 3.27. The van der Waals surface area contributed by atoms with Crippen LogP contribution < -0.4 is 4.74 Å². The van der Waals surface area contributed by atoms with Gasteiger partial charge in [0.25, 0.3) is 5.69 Å². The maximum absolute atomic E-state index is 11.1. The zero-order chi connectivity index (χ0) is 23.8. The first-order valence-corrected chi connectivity index (χ1v) is 11.7. The van der Waals surface area contributed by atoms with Crippen molar-refractivity contribution in [1.82, 2.24) is 14.8 Å². The quantitative estimate of drug-likeness (QED) is 0.163. The van der Waals surface area contributed by atoms with E-state index >= 15 is 0 Å². The fraction of sp³-hybridized carbons (Fsp3) is 0.200. The van der Waals surface area contributed by atoms with Gasteiger partial charge >= 0.3 is 0 Å². The van der Waals surface area contributed by atoms with Crippen LogP contribution in [-0.2, 0) is 23.6 Å². The number of benzene rings is 3. The summed E-state index contributed by atoms with van der Waals surface area (Å²) in [6.45, 7) is 1.31. The first-order valence-electron chi connectivity index (χ1n) is 10.7. The van der Waals surface area contributed by atoms with Crippen molar-refractivity contribution in [3.05, 3.63) is 100 Å². The summed E-state index contributed by atoms with van der Waals surface area (Å²) in [5, 5.41) is 20.4. The zero-order valence-electron chi connectivity index (χ0n) is 18.7. The SMILES string of the molecule is COCCn1c(COc2ccccc2-c2ccccc2)nnc1SCc1cccc([N+](=O)[O-])c1. The number of hydrogen-bond donors (Lipinski definition) is 0. The van der Waals surface area contributed by atoms with Crippen LogP contribution in [0.3, 0.4) is 0 Å². The lowest BCUT2D eigenvalue weighted by Crippen LogP contribution is -2.12. The summed E-state index contributed by atoms with van der Waals surface area (Å²) in [4.78, 5) is 10.7. The molecule has 34 heavy (non-hydrogen) atoms. The van der Waals surface area contributed by atoms with Gasteiger partial charge in [0.2, 0.25) is 0 Å². The van der Waals surface area contributed by atoms with Gasteiger partial charge in [0, 0.05) is 37.1 Å². The molecular weight excluding hydrogens is 452 g/mol. The number of rotatable bonds is 11. The number of aromatic nitrogens is 3. The van der Waals surface area contributed by atoms with Crippen molar-refractivity contribution in [2.24, 2.45) is 0 Å². The molecule has 1 aromatic heterocycles. The highest BCUT2D eigenvalue weighted by Crippen LogP contribution is 2.30. The van der Waals surface area contributed by atoms with Crippen molar-refractivity contribution in [1.29, 1.82) is 0 Å². The molecule has 174 valence electrons. The maximum atomic E-state index is 11.1. The van der Waals surface area contributed by atoms with Crippen LogP contribution >= 0.6 is 11.8 Å². The highest BCUT2D eigenvalue weighted by Gasteiger charge is 2.15. The minimum absolute atomic E-state index is 0.0742. The van der Waals surface area contributed by atoms with E-state index in [1.165, 1.54) is 17.8 Å². The number of thioether (sulfide) groups is 1. The van der Waals surface area contributed by atoms with Gasteiger partial charge in [-0.05, 0) is 17.2 Å². The Kier molecular flexibility index (Phi) is 7.90. The smallest absolute Gasteiger partial charge is 0.269 e. The summed E-state index contributed by atoms with van der Waals surface area (Å²) in [6, 6.07) is 24.6. The molecule has 9 heteroatoms. The number of non-ortho nitro benzene ring substituents is 1. The Labute approximate surface area is 201 Å². The van der Waals surface area contributed by atoms with Crippen molar-refractivity contribution in [2.45, 2.75) is 24.1 Å². The Morgan fingerprint density at radius 1 is 1.00 bits per heavy atom. The number of ether oxygens (including phenoxy) is 2. The average molecular weight is 477 g/mol. The van der Waals surface area contributed by atoms with E-state index in [1.54, 1.807) is 19.2 Å². The van der Waals surface area contributed by atoms with Crippen molar-refractivity contribution in [2.75, 3.05) is 13.7 Å². The lowest BCUT2D eigenvalue weighted by Gasteiger charge is -2.13. The van der Waals surface area contributed by atoms with Crippen molar-refractivity contribution < 1.29 is 14.4 Å². The van der Waals surface area contributed by atoms with Crippen molar-refractivity contribution >= 4 is 17.4 Å². The molecule has 0 aliphatic carbocycles. The van der Waals surface area contributed by atoms with Crippen LogP contribution in [0.15, 0.2) is 84.0 Å². The highest BCUT2D eigenvalue weighted by atomic mass is 32.2. The second-order valence-corrected chi connectivity index (χ2v) is 8.35. The van der Waals surface area contributed by atoms with E-state index in [4.69, 9.17) is 9.47 Å². The molecule has 0 amide bonds. The molecule has 0 radical (unpaired) electrons. The number of nitro groups is 1. The lowest BCUT2D eigenvalue weighted by atomic mass is 10.1. The third kappa shape index (κ3) is 5.81. The molecule has 0 fully saturated rings. The van der Waals surface area contributed by atoms with Crippen molar-refractivity contribution in [3.8, 4) is 16.9 Å². The van der Waals surface area contributed by atoms with Gasteiger partial charge in [0.15, 0.2) is 11.0 Å². The summed E-state index contributed by atoms with van der Waals surface area (Å²) in [5.41, 5.74) is 3.00. The molecule has 0 saturated carbocycles. The molecule has 4 aromatic rings. The predicted molar refractivity (Wildman–Crippen MR) is 131 cm³/mol.